The van der Waals surface area contributed by atoms with Crippen LogP contribution in [0.1, 0.15) is 36.4 Å². The zero-order valence-electron chi connectivity index (χ0n) is 14.9. The summed E-state index contributed by atoms with van der Waals surface area (Å²) in [7, 11) is 0. The number of hydrogen-bond acceptors (Lipinski definition) is 4. The molecule has 0 radical (unpaired) electrons. The molecule has 1 saturated heterocycles. The van der Waals surface area contributed by atoms with Gasteiger partial charge in [-0.2, -0.15) is 5.10 Å². The van der Waals surface area contributed by atoms with Gasteiger partial charge in [0, 0.05) is 24.1 Å². The first-order valence-corrected chi connectivity index (χ1v) is 9.23. The van der Waals surface area contributed by atoms with Gasteiger partial charge in [0.25, 0.3) is 0 Å². The number of aromatic nitrogens is 2. The summed E-state index contributed by atoms with van der Waals surface area (Å²) < 4.78 is 1.79. The van der Waals surface area contributed by atoms with Crippen LogP contribution in [0.25, 0.3) is 5.69 Å². The second-order valence-electron chi connectivity index (χ2n) is 7.22. The fraction of sp³-hybridized carbons (Fsp3) is 0.474. The molecule has 1 atom stereocenters. The van der Waals surface area contributed by atoms with Crippen molar-refractivity contribution in [2.45, 2.75) is 44.2 Å². The van der Waals surface area contributed by atoms with E-state index < -0.39 is 0 Å². The van der Waals surface area contributed by atoms with Crippen LogP contribution < -0.4 is 16.0 Å². The van der Waals surface area contributed by atoms with Crippen LogP contribution in [0.2, 0.25) is 0 Å². The average molecular weight is 355 g/mol. The Balaban J connectivity index is 1.61. The fourth-order valence-corrected chi connectivity index (χ4v) is 3.72. The monoisotopic (exact) mass is 355 g/mol. The number of rotatable bonds is 4. The molecular weight excluding hydrogens is 330 g/mol. The van der Waals surface area contributed by atoms with Crippen LogP contribution in [0, 0.1) is 6.92 Å². The molecule has 1 unspecified atom stereocenters. The van der Waals surface area contributed by atoms with Crippen LogP contribution in [-0.4, -0.2) is 46.2 Å². The van der Waals surface area contributed by atoms with Crippen LogP contribution in [-0.2, 0) is 0 Å². The summed E-state index contributed by atoms with van der Waals surface area (Å²) >= 11 is 0. The fourth-order valence-electron chi connectivity index (χ4n) is 3.72. The number of aliphatic hydroxyl groups excluding tert-OH is 1. The van der Waals surface area contributed by atoms with Crippen LogP contribution in [0.4, 0.5) is 10.6 Å². The van der Waals surface area contributed by atoms with Gasteiger partial charge in [-0.3, -0.25) is 5.32 Å². The van der Waals surface area contributed by atoms with Gasteiger partial charge < -0.3 is 15.7 Å². The number of carbonyl (C=O) groups excluding carboxylic acids is 1. The van der Waals surface area contributed by atoms with Crippen molar-refractivity contribution in [2.24, 2.45) is 0 Å². The molecule has 1 saturated carbocycles. The minimum absolute atomic E-state index is 0.157. The van der Waals surface area contributed by atoms with E-state index in [0.29, 0.717) is 5.82 Å². The second kappa shape index (κ2) is 7.09. The molecule has 1 aliphatic carbocycles. The van der Waals surface area contributed by atoms with E-state index in [4.69, 9.17) is 5.10 Å². The second-order valence-corrected chi connectivity index (χ2v) is 7.22. The normalized spacial score (nSPS) is 24.9. The molecule has 26 heavy (non-hydrogen) atoms. The van der Waals surface area contributed by atoms with Gasteiger partial charge in [-0.05, 0) is 44.9 Å². The van der Waals surface area contributed by atoms with E-state index >= 15 is 0 Å². The first kappa shape index (κ1) is 17.1. The number of urea groups is 1. The van der Waals surface area contributed by atoms with Gasteiger partial charge in [0.15, 0.2) is 0 Å². The molecule has 7 heteroatoms. The summed E-state index contributed by atoms with van der Waals surface area (Å²) in [5.74, 6) is 0.939. The summed E-state index contributed by atoms with van der Waals surface area (Å²) in [6.07, 6.45) is 2.16. The van der Waals surface area contributed by atoms with E-state index in [0.717, 1.165) is 49.3 Å². The summed E-state index contributed by atoms with van der Waals surface area (Å²) in [6, 6.07) is 9.74. The van der Waals surface area contributed by atoms with Crippen molar-refractivity contribution >= 4 is 11.8 Å². The quantitative estimate of drug-likeness (QED) is 0.674. The number of carbonyl (C=O) groups is 1. The van der Waals surface area contributed by atoms with Gasteiger partial charge in [-0.15, -0.1) is 0 Å². The predicted molar refractivity (Wildman–Crippen MR) is 99.7 cm³/mol. The molecule has 2 heterocycles. The van der Waals surface area contributed by atoms with E-state index in [-0.39, 0.29) is 24.1 Å². The lowest BCUT2D eigenvalue weighted by Gasteiger charge is -2.30. The Morgan fingerprint density at radius 3 is 2.73 bits per heavy atom. The number of nitrogens with zero attached hydrogens (tertiary/aromatic N) is 2. The molecule has 2 aromatic rings. The Morgan fingerprint density at radius 2 is 2.08 bits per heavy atom. The van der Waals surface area contributed by atoms with E-state index in [1.807, 2.05) is 37.3 Å². The van der Waals surface area contributed by atoms with Crippen LogP contribution in [0.15, 0.2) is 30.3 Å². The maximum absolute atomic E-state index is 12.5. The smallest absolute Gasteiger partial charge is 0.320 e. The largest absolute Gasteiger partial charge is 0.393 e. The van der Waals surface area contributed by atoms with E-state index in [2.05, 4.69) is 16.0 Å². The molecule has 2 aliphatic rings. The Morgan fingerprint density at radius 1 is 1.31 bits per heavy atom. The van der Waals surface area contributed by atoms with Crippen molar-refractivity contribution in [1.82, 2.24) is 20.4 Å². The Labute approximate surface area is 152 Å². The average Bonchev–Trinajstić information content (AvgIpc) is 3.22. The lowest BCUT2D eigenvalue weighted by molar-refractivity contribution is 0.0729. The van der Waals surface area contributed by atoms with Gasteiger partial charge >= 0.3 is 6.03 Å². The van der Waals surface area contributed by atoms with E-state index in [9.17, 15) is 9.90 Å². The molecule has 4 rings (SSSR count). The Kier molecular flexibility index (Phi) is 4.65. The molecule has 0 spiro atoms. The number of anilines is 1. The molecule has 138 valence electrons. The molecule has 0 bridgehead atoms. The topological polar surface area (TPSA) is 91.2 Å². The number of nitrogens with one attached hydrogen (secondary N) is 3. The minimum Gasteiger partial charge on any atom is -0.393 e. The van der Waals surface area contributed by atoms with Crippen molar-refractivity contribution in [2.75, 3.05) is 18.4 Å². The Hall–Kier alpha value is -2.38. The SMILES string of the molecule is Cc1c(C2CC(O)C2)nn(-c2ccccc2)c1NC(=O)NC1CCNC1. The summed E-state index contributed by atoms with van der Waals surface area (Å²) in [5.41, 5.74) is 2.82. The van der Waals surface area contributed by atoms with Crippen molar-refractivity contribution in [3.8, 4) is 5.69 Å². The number of benzene rings is 1. The zero-order valence-corrected chi connectivity index (χ0v) is 14.9. The first-order chi connectivity index (χ1) is 12.6. The number of aliphatic hydroxyl groups is 1. The highest BCUT2D eigenvalue weighted by molar-refractivity contribution is 5.90. The summed E-state index contributed by atoms with van der Waals surface area (Å²) in [5, 5.41) is 23.7. The van der Waals surface area contributed by atoms with Crippen molar-refractivity contribution in [1.29, 1.82) is 0 Å². The van der Waals surface area contributed by atoms with Gasteiger partial charge in [-0.25, -0.2) is 9.48 Å². The molecule has 7 nitrogen and oxygen atoms in total. The van der Waals surface area contributed by atoms with Crippen molar-refractivity contribution in [3.05, 3.63) is 41.6 Å². The molecule has 1 aromatic heterocycles. The third-order valence-electron chi connectivity index (χ3n) is 5.29. The molecule has 1 aromatic carbocycles. The highest BCUT2D eigenvalue weighted by Gasteiger charge is 2.33. The third kappa shape index (κ3) is 3.32. The van der Waals surface area contributed by atoms with E-state index in [1.165, 1.54) is 0 Å². The molecule has 2 fully saturated rings. The van der Waals surface area contributed by atoms with Gasteiger partial charge in [0.2, 0.25) is 0 Å². The first-order valence-electron chi connectivity index (χ1n) is 9.23. The predicted octanol–water partition coefficient (Wildman–Crippen LogP) is 1.90. The van der Waals surface area contributed by atoms with E-state index in [1.54, 1.807) is 4.68 Å². The molecular formula is C19H25N5O2. The molecule has 2 amide bonds. The maximum Gasteiger partial charge on any atom is 0.320 e. The molecule has 1 aliphatic heterocycles. The van der Waals surface area contributed by atoms with Gasteiger partial charge in [0.1, 0.15) is 5.82 Å². The highest BCUT2D eigenvalue weighted by atomic mass is 16.3. The van der Waals surface area contributed by atoms with Crippen molar-refractivity contribution < 1.29 is 9.90 Å². The third-order valence-corrected chi connectivity index (χ3v) is 5.29. The molecule has 4 N–H and O–H groups in total. The Bertz CT molecular complexity index is 777. The lowest BCUT2D eigenvalue weighted by Crippen LogP contribution is -2.39. The van der Waals surface area contributed by atoms with Crippen LogP contribution in [0.3, 0.4) is 0 Å². The number of para-hydroxylation sites is 1. The lowest BCUT2D eigenvalue weighted by atomic mass is 9.79. The minimum atomic E-state index is -0.240. The standard InChI is InChI=1S/C19H25N5O2/c1-12-17(13-9-16(25)10-13)23-24(15-5-3-2-4-6-15)18(12)22-19(26)21-14-7-8-20-11-14/h2-6,13-14,16,20,25H,7-11H2,1H3,(H2,21,22,26). The number of amides is 2. The van der Waals surface area contributed by atoms with Gasteiger partial charge in [0.05, 0.1) is 17.5 Å². The maximum atomic E-state index is 12.5. The number of hydrogen-bond donors (Lipinski definition) is 4. The van der Waals surface area contributed by atoms with Gasteiger partial charge in [-0.1, -0.05) is 18.2 Å². The highest BCUT2D eigenvalue weighted by Crippen LogP contribution is 2.40. The zero-order chi connectivity index (χ0) is 18.1. The van der Waals surface area contributed by atoms with Crippen molar-refractivity contribution in [3.63, 3.8) is 0 Å². The summed E-state index contributed by atoms with van der Waals surface area (Å²) in [6.45, 7) is 3.72. The summed E-state index contributed by atoms with van der Waals surface area (Å²) in [4.78, 5) is 12.5. The van der Waals surface area contributed by atoms with Crippen LogP contribution >= 0.6 is 0 Å². The van der Waals surface area contributed by atoms with Crippen LogP contribution in [0.5, 0.6) is 0 Å².